The average Bonchev–Trinajstić information content (AvgIpc) is 2.87. The van der Waals surface area contributed by atoms with E-state index in [0.29, 0.717) is 18.2 Å². The van der Waals surface area contributed by atoms with Crippen molar-refractivity contribution in [3.8, 4) is 0 Å². The van der Waals surface area contributed by atoms with Crippen molar-refractivity contribution in [3.05, 3.63) is 23.7 Å². The number of carboxylic acid groups (broad SMARTS) is 1. The number of aliphatic hydroxyl groups is 1. The molecule has 17 heavy (non-hydrogen) atoms. The van der Waals surface area contributed by atoms with Crippen LogP contribution in [-0.2, 0) is 6.54 Å². The first-order chi connectivity index (χ1) is 8.16. The molecule has 2 rings (SSSR count). The average molecular weight is 239 g/mol. The molecule has 2 atom stereocenters. The fraction of sp³-hybridized carbons (Fsp3) is 0.583. The van der Waals surface area contributed by atoms with Gasteiger partial charge in [0.1, 0.15) is 11.3 Å². The topological polar surface area (TPSA) is 82.7 Å². The Bertz CT molecular complexity index is 388. The lowest BCUT2D eigenvalue weighted by atomic mass is 10.1. The summed E-state index contributed by atoms with van der Waals surface area (Å²) in [5.74, 6) is -0.0314. The van der Waals surface area contributed by atoms with Crippen LogP contribution in [0.15, 0.2) is 16.7 Å². The Labute approximate surface area is 99.4 Å². The van der Waals surface area contributed by atoms with Gasteiger partial charge in [-0.05, 0) is 37.8 Å². The van der Waals surface area contributed by atoms with Crippen molar-refractivity contribution < 1.29 is 19.4 Å². The fourth-order valence-electron chi connectivity index (χ4n) is 2.29. The molecule has 94 valence electrons. The molecule has 1 aromatic rings. The molecule has 1 aliphatic rings. The van der Waals surface area contributed by atoms with E-state index in [1.807, 2.05) is 0 Å². The first-order valence-electron chi connectivity index (χ1n) is 5.85. The van der Waals surface area contributed by atoms with Gasteiger partial charge in [-0.1, -0.05) is 0 Å². The van der Waals surface area contributed by atoms with Crippen molar-refractivity contribution in [1.82, 2.24) is 5.32 Å². The molecular weight excluding hydrogens is 222 g/mol. The van der Waals surface area contributed by atoms with Crippen molar-refractivity contribution in [3.63, 3.8) is 0 Å². The summed E-state index contributed by atoms with van der Waals surface area (Å²) in [5, 5.41) is 21.4. The van der Waals surface area contributed by atoms with Gasteiger partial charge in [0, 0.05) is 0 Å². The van der Waals surface area contributed by atoms with Crippen LogP contribution in [0.5, 0.6) is 0 Å². The number of aromatic carboxylic acids is 1. The smallest absolute Gasteiger partial charge is 0.339 e. The quantitative estimate of drug-likeness (QED) is 0.719. The van der Waals surface area contributed by atoms with Gasteiger partial charge in [-0.15, -0.1) is 0 Å². The van der Waals surface area contributed by atoms with Crippen molar-refractivity contribution in [2.75, 3.05) is 6.54 Å². The van der Waals surface area contributed by atoms with Gasteiger partial charge >= 0.3 is 5.97 Å². The standard InChI is InChI=1S/C12H17NO4/c14-9-2-1-8(5-9)6-13-7-11-10(12(15)16)3-4-17-11/h3-4,8-9,13-14H,1-2,5-7H2,(H,15,16). The Balaban J connectivity index is 1.78. The molecule has 5 nitrogen and oxygen atoms in total. The predicted molar refractivity (Wildman–Crippen MR) is 60.7 cm³/mol. The van der Waals surface area contributed by atoms with E-state index in [-0.39, 0.29) is 11.7 Å². The molecule has 0 radical (unpaired) electrons. The Morgan fingerprint density at radius 3 is 3.00 bits per heavy atom. The maximum atomic E-state index is 10.8. The van der Waals surface area contributed by atoms with Crippen molar-refractivity contribution in [2.45, 2.75) is 31.9 Å². The monoisotopic (exact) mass is 239 g/mol. The molecule has 0 saturated heterocycles. The molecule has 0 bridgehead atoms. The number of carbonyl (C=O) groups is 1. The molecule has 1 aliphatic carbocycles. The SMILES string of the molecule is O=C(O)c1ccoc1CNCC1CCC(O)C1. The van der Waals surface area contributed by atoms with Crippen molar-refractivity contribution in [2.24, 2.45) is 5.92 Å². The van der Waals surface area contributed by atoms with Crippen LogP contribution < -0.4 is 5.32 Å². The second-order valence-electron chi connectivity index (χ2n) is 4.53. The van der Waals surface area contributed by atoms with Gasteiger partial charge in [-0.2, -0.15) is 0 Å². The highest BCUT2D eigenvalue weighted by molar-refractivity contribution is 5.88. The minimum Gasteiger partial charge on any atom is -0.478 e. The van der Waals surface area contributed by atoms with Crippen molar-refractivity contribution in [1.29, 1.82) is 0 Å². The van der Waals surface area contributed by atoms with E-state index in [1.165, 1.54) is 12.3 Å². The number of carboxylic acids is 1. The van der Waals surface area contributed by atoms with E-state index in [9.17, 15) is 9.90 Å². The summed E-state index contributed by atoms with van der Waals surface area (Å²) in [6, 6.07) is 1.46. The van der Waals surface area contributed by atoms with Gasteiger partial charge in [0.25, 0.3) is 0 Å². The molecule has 0 amide bonds. The van der Waals surface area contributed by atoms with E-state index in [2.05, 4.69) is 5.32 Å². The summed E-state index contributed by atoms with van der Waals surface area (Å²) < 4.78 is 5.12. The second kappa shape index (κ2) is 5.33. The van der Waals surface area contributed by atoms with Crippen LogP contribution in [0, 0.1) is 5.92 Å². The lowest BCUT2D eigenvalue weighted by Crippen LogP contribution is -2.22. The zero-order chi connectivity index (χ0) is 12.3. The lowest BCUT2D eigenvalue weighted by molar-refractivity contribution is 0.0694. The molecule has 1 heterocycles. The summed E-state index contributed by atoms with van der Waals surface area (Å²) in [7, 11) is 0. The summed E-state index contributed by atoms with van der Waals surface area (Å²) in [6.45, 7) is 1.21. The zero-order valence-corrected chi connectivity index (χ0v) is 9.56. The van der Waals surface area contributed by atoms with Crippen LogP contribution in [0.2, 0.25) is 0 Å². The fourth-order valence-corrected chi connectivity index (χ4v) is 2.29. The second-order valence-corrected chi connectivity index (χ2v) is 4.53. The number of hydrogen-bond acceptors (Lipinski definition) is 4. The van der Waals surface area contributed by atoms with E-state index >= 15 is 0 Å². The van der Waals surface area contributed by atoms with Crippen LogP contribution in [-0.4, -0.2) is 28.8 Å². The zero-order valence-electron chi connectivity index (χ0n) is 9.56. The molecule has 1 saturated carbocycles. The largest absolute Gasteiger partial charge is 0.478 e. The molecule has 0 spiro atoms. The number of furan rings is 1. The third kappa shape index (κ3) is 3.08. The molecule has 0 aliphatic heterocycles. The van der Waals surface area contributed by atoms with Crippen LogP contribution in [0.25, 0.3) is 0 Å². The molecule has 0 aromatic carbocycles. The lowest BCUT2D eigenvalue weighted by Gasteiger charge is -2.09. The maximum Gasteiger partial charge on any atom is 0.339 e. The van der Waals surface area contributed by atoms with Crippen LogP contribution in [0.1, 0.15) is 35.4 Å². The van der Waals surface area contributed by atoms with Gasteiger partial charge in [-0.3, -0.25) is 0 Å². The highest BCUT2D eigenvalue weighted by Crippen LogP contribution is 2.24. The predicted octanol–water partition coefficient (Wildman–Crippen LogP) is 1.23. The molecule has 1 aromatic heterocycles. The summed E-state index contributed by atoms with van der Waals surface area (Å²) in [5.41, 5.74) is 0.212. The van der Waals surface area contributed by atoms with Crippen molar-refractivity contribution >= 4 is 5.97 Å². The van der Waals surface area contributed by atoms with Gasteiger partial charge in [0.2, 0.25) is 0 Å². The third-order valence-corrected chi connectivity index (χ3v) is 3.21. The molecule has 2 unspecified atom stereocenters. The van der Waals surface area contributed by atoms with E-state index in [1.54, 1.807) is 0 Å². The number of aliphatic hydroxyl groups excluding tert-OH is 1. The normalized spacial score (nSPS) is 24.1. The third-order valence-electron chi connectivity index (χ3n) is 3.21. The van der Waals surface area contributed by atoms with Gasteiger partial charge in [0.15, 0.2) is 0 Å². The number of rotatable bonds is 5. The summed E-state index contributed by atoms with van der Waals surface area (Å²) in [4.78, 5) is 10.8. The van der Waals surface area contributed by atoms with Gasteiger partial charge < -0.3 is 19.9 Å². The van der Waals surface area contributed by atoms with Gasteiger partial charge in [0.05, 0.1) is 18.9 Å². The Morgan fingerprint density at radius 2 is 2.35 bits per heavy atom. The first-order valence-corrected chi connectivity index (χ1v) is 5.85. The van der Waals surface area contributed by atoms with E-state index in [4.69, 9.17) is 9.52 Å². The van der Waals surface area contributed by atoms with Crippen LogP contribution in [0.4, 0.5) is 0 Å². The minimum atomic E-state index is -0.966. The maximum absolute atomic E-state index is 10.8. The number of nitrogens with one attached hydrogen (secondary N) is 1. The Morgan fingerprint density at radius 1 is 1.53 bits per heavy atom. The summed E-state index contributed by atoms with van der Waals surface area (Å²) >= 11 is 0. The van der Waals surface area contributed by atoms with Crippen LogP contribution >= 0.6 is 0 Å². The molecular formula is C12H17NO4. The minimum absolute atomic E-state index is 0.167. The molecule has 3 N–H and O–H groups in total. The molecule has 1 fully saturated rings. The van der Waals surface area contributed by atoms with Gasteiger partial charge in [-0.25, -0.2) is 4.79 Å². The first kappa shape index (κ1) is 12.1. The number of hydrogen-bond donors (Lipinski definition) is 3. The van der Waals surface area contributed by atoms with E-state index in [0.717, 1.165) is 25.8 Å². The Hall–Kier alpha value is -1.33. The summed E-state index contributed by atoms with van der Waals surface area (Å²) in [6.07, 6.45) is 3.95. The highest BCUT2D eigenvalue weighted by atomic mass is 16.4. The molecule has 5 heteroatoms. The Kier molecular flexibility index (Phi) is 3.81. The van der Waals surface area contributed by atoms with E-state index < -0.39 is 5.97 Å². The van der Waals surface area contributed by atoms with Crippen LogP contribution in [0.3, 0.4) is 0 Å². The highest BCUT2D eigenvalue weighted by Gasteiger charge is 2.22.